The maximum Gasteiger partial charge on any atom is 0.217 e. The van der Waals surface area contributed by atoms with E-state index in [2.05, 4.69) is 21.6 Å². The summed E-state index contributed by atoms with van der Waals surface area (Å²) in [6, 6.07) is 12.2. The summed E-state index contributed by atoms with van der Waals surface area (Å²) in [6.07, 6.45) is 1.79. The number of ether oxygens (including phenoxy) is 1. The minimum absolute atomic E-state index is 0.542. The Morgan fingerprint density at radius 2 is 2.06 bits per heavy atom. The molecule has 0 aliphatic carbocycles. The highest BCUT2D eigenvalue weighted by Crippen LogP contribution is 2.29. The molecule has 0 aliphatic heterocycles. The molecule has 0 saturated carbocycles. The van der Waals surface area contributed by atoms with E-state index in [1.807, 2.05) is 35.7 Å². The lowest BCUT2D eigenvalue weighted by atomic mass is 10.2. The number of nitrogens with zero attached hydrogens (tertiary/aromatic N) is 1. The highest BCUT2D eigenvalue weighted by molar-refractivity contribution is 7.08. The van der Waals surface area contributed by atoms with Gasteiger partial charge in [-0.15, -0.1) is 0 Å². The van der Waals surface area contributed by atoms with E-state index in [-0.39, 0.29) is 0 Å². The summed E-state index contributed by atoms with van der Waals surface area (Å²) in [6.45, 7) is 0.542. The zero-order valence-electron chi connectivity index (χ0n) is 9.67. The third-order valence-electron chi connectivity index (χ3n) is 2.66. The van der Waals surface area contributed by atoms with Crippen molar-refractivity contribution in [3.63, 3.8) is 0 Å². The molecule has 0 amide bonds. The molecule has 2 aromatic heterocycles. The number of aromatic amines is 1. The number of hydrogen-bond donors (Lipinski definition) is 1. The monoisotopic (exact) mass is 256 g/mol. The van der Waals surface area contributed by atoms with E-state index in [1.54, 1.807) is 17.5 Å². The maximum absolute atomic E-state index is 5.77. The van der Waals surface area contributed by atoms with Crippen molar-refractivity contribution >= 4 is 11.3 Å². The zero-order valence-corrected chi connectivity index (χ0v) is 10.5. The second-order valence-electron chi connectivity index (χ2n) is 3.90. The van der Waals surface area contributed by atoms with Crippen LogP contribution in [0.4, 0.5) is 0 Å². The lowest BCUT2D eigenvalue weighted by molar-refractivity contribution is 0.294. The molecule has 0 fully saturated rings. The van der Waals surface area contributed by atoms with E-state index in [4.69, 9.17) is 4.74 Å². The molecule has 0 saturated heterocycles. The van der Waals surface area contributed by atoms with Gasteiger partial charge in [0.1, 0.15) is 6.61 Å². The molecule has 3 aromatic rings. The fourth-order valence-corrected chi connectivity index (χ4v) is 2.39. The topological polar surface area (TPSA) is 37.9 Å². The SMILES string of the molecule is c1ccc(COc2[nH]ncc2-c2ccsc2)cc1. The van der Waals surface area contributed by atoms with Gasteiger partial charge in [-0.1, -0.05) is 30.3 Å². The van der Waals surface area contributed by atoms with Gasteiger partial charge in [-0.25, -0.2) is 5.10 Å². The van der Waals surface area contributed by atoms with Gasteiger partial charge in [-0.3, -0.25) is 0 Å². The molecular weight excluding hydrogens is 244 g/mol. The molecule has 1 aromatic carbocycles. The van der Waals surface area contributed by atoms with Gasteiger partial charge in [0.2, 0.25) is 5.88 Å². The molecule has 0 radical (unpaired) electrons. The molecule has 2 heterocycles. The van der Waals surface area contributed by atoms with Crippen molar-refractivity contribution in [2.75, 3.05) is 0 Å². The summed E-state index contributed by atoms with van der Waals surface area (Å²) in [5.41, 5.74) is 3.28. The van der Waals surface area contributed by atoms with Crippen LogP contribution in [0, 0.1) is 0 Å². The van der Waals surface area contributed by atoms with Crippen LogP contribution >= 0.6 is 11.3 Å². The fourth-order valence-electron chi connectivity index (χ4n) is 1.74. The van der Waals surface area contributed by atoms with E-state index in [1.165, 1.54) is 0 Å². The van der Waals surface area contributed by atoms with Gasteiger partial charge >= 0.3 is 0 Å². The van der Waals surface area contributed by atoms with Crippen LogP contribution in [0.1, 0.15) is 5.56 Å². The molecule has 18 heavy (non-hydrogen) atoms. The molecule has 0 atom stereocenters. The average Bonchev–Trinajstić information content (AvgIpc) is 3.08. The molecule has 0 unspecified atom stereocenters. The highest BCUT2D eigenvalue weighted by Gasteiger charge is 2.09. The Labute approximate surface area is 109 Å². The third kappa shape index (κ3) is 2.28. The fraction of sp³-hybridized carbons (Fsp3) is 0.0714. The van der Waals surface area contributed by atoms with Gasteiger partial charge in [0.05, 0.1) is 11.8 Å². The minimum atomic E-state index is 0.542. The number of benzene rings is 1. The summed E-state index contributed by atoms with van der Waals surface area (Å²) in [5, 5.41) is 11.1. The molecule has 3 nitrogen and oxygen atoms in total. The second kappa shape index (κ2) is 5.06. The summed E-state index contributed by atoms with van der Waals surface area (Å²) in [5.74, 6) is 0.720. The van der Waals surface area contributed by atoms with Crippen molar-refractivity contribution in [2.24, 2.45) is 0 Å². The van der Waals surface area contributed by atoms with Crippen molar-refractivity contribution < 1.29 is 4.74 Å². The quantitative estimate of drug-likeness (QED) is 0.772. The predicted octanol–water partition coefficient (Wildman–Crippen LogP) is 3.72. The smallest absolute Gasteiger partial charge is 0.217 e. The van der Waals surface area contributed by atoms with Crippen LogP contribution in [-0.2, 0) is 6.61 Å². The zero-order chi connectivity index (χ0) is 12.2. The van der Waals surface area contributed by atoms with E-state index in [0.717, 1.165) is 22.6 Å². The predicted molar refractivity (Wildman–Crippen MR) is 72.7 cm³/mol. The highest BCUT2D eigenvalue weighted by atomic mass is 32.1. The summed E-state index contributed by atoms with van der Waals surface area (Å²) in [4.78, 5) is 0. The molecule has 4 heteroatoms. The third-order valence-corrected chi connectivity index (χ3v) is 3.35. The first kappa shape index (κ1) is 11.0. The van der Waals surface area contributed by atoms with Crippen molar-refractivity contribution in [1.82, 2.24) is 10.2 Å². The van der Waals surface area contributed by atoms with E-state index in [9.17, 15) is 0 Å². The first-order valence-corrected chi connectivity index (χ1v) is 6.60. The van der Waals surface area contributed by atoms with Gasteiger partial charge in [0.15, 0.2) is 0 Å². The Morgan fingerprint density at radius 1 is 1.17 bits per heavy atom. The van der Waals surface area contributed by atoms with Crippen molar-refractivity contribution in [1.29, 1.82) is 0 Å². The number of hydrogen-bond acceptors (Lipinski definition) is 3. The van der Waals surface area contributed by atoms with Gasteiger partial charge < -0.3 is 4.74 Å². The lowest BCUT2D eigenvalue weighted by Gasteiger charge is -2.05. The van der Waals surface area contributed by atoms with Crippen molar-refractivity contribution in [3.05, 3.63) is 58.9 Å². The van der Waals surface area contributed by atoms with Gasteiger partial charge in [0.25, 0.3) is 0 Å². The Kier molecular flexibility index (Phi) is 3.10. The van der Waals surface area contributed by atoms with Crippen LogP contribution in [0.25, 0.3) is 11.1 Å². The molecule has 1 N–H and O–H groups in total. The first-order valence-electron chi connectivity index (χ1n) is 5.66. The standard InChI is InChI=1S/C14H12N2OS/c1-2-4-11(5-3-1)9-17-14-13(8-15-16-14)12-6-7-18-10-12/h1-8,10H,9H2,(H,15,16). The average molecular weight is 256 g/mol. The van der Waals surface area contributed by atoms with Crippen molar-refractivity contribution in [3.8, 4) is 17.0 Å². The largest absolute Gasteiger partial charge is 0.473 e. The molecule has 3 rings (SSSR count). The summed E-state index contributed by atoms with van der Waals surface area (Å²) < 4.78 is 5.77. The molecular formula is C14H12N2OS. The van der Waals surface area contributed by atoms with Crippen LogP contribution in [0.2, 0.25) is 0 Å². The van der Waals surface area contributed by atoms with E-state index >= 15 is 0 Å². The van der Waals surface area contributed by atoms with Crippen molar-refractivity contribution in [2.45, 2.75) is 6.61 Å². The first-order chi connectivity index (χ1) is 8.93. The summed E-state index contributed by atoms with van der Waals surface area (Å²) >= 11 is 1.66. The molecule has 0 bridgehead atoms. The number of thiophene rings is 1. The molecule has 0 spiro atoms. The van der Waals surface area contributed by atoms with E-state index < -0.39 is 0 Å². The van der Waals surface area contributed by atoms with Gasteiger partial charge in [0, 0.05) is 0 Å². The van der Waals surface area contributed by atoms with Crippen LogP contribution in [0.3, 0.4) is 0 Å². The number of H-pyrrole nitrogens is 1. The Bertz CT molecular complexity index is 602. The normalized spacial score (nSPS) is 10.4. The van der Waals surface area contributed by atoms with E-state index in [0.29, 0.717) is 6.61 Å². The minimum Gasteiger partial charge on any atom is -0.473 e. The number of nitrogens with one attached hydrogen (secondary N) is 1. The Hall–Kier alpha value is -2.07. The van der Waals surface area contributed by atoms with Gasteiger partial charge in [-0.2, -0.15) is 16.4 Å². The maximum atomic E-state index is 5.77. The van der Waals surface area contributed by atoms with Crippen LogP contribution < -0.4 is 4.74 Å². The summed E-state index contributed by atoms with van der Waals surface area (Å²) in [7, 11) is 0. The number of aromatic nitrogens is 2. The van der Waals surface area contributed by atoms with Crippen LogP contribution in [-0.4, -0.2) is 10.2 Å². The van der Waals surface area contributed by atoms with Crippen LogP contribution in [0.5, 0.6) is 5.88 Å². The molecule has 90 valence electrons. The Balaban J connectivity index is 1.76. The number of rotatable bonds is 4. The lowest BCUT2D eigenvalue weighted by Crippen LogP contribution is -1.96. The van der Waals surface area contributed by atoms with Crippen LogP contribution in [0.15, 0.2) is 53.4 Å². The van der Waals surface area contributed by atoms with Gasteiger partial charge in [-0.05, 0) is 28.0 Å². The Morgan fingerprint density at radius 3 is 2.83 bits per heavy atom. The molecule has 0 aliphatic rings. The second-order valence-corrected chi connectivity index (χ2v) is 4.68.